The summed E-state index contributed by atoms with van der Waals surface area (Å²) in [5, 5.41) is 3.30. The molecule has 0 aliphatic carbocycles. The first-order valence-electron chi connectivity index (χ1n) is 6.32. The molecule has 1 aliphatic heterocycles. The van der Waals surface area contributed by atoms with Gasteiger partial charge in [0.05, 0.1) is 0 Å². The van der Waals surface area contributed by atoms with Crippen LogP contribution in [0.25, 0.3) is 0 Å². The van der Waals surface area contributed by atoms with Crippen molar-refractivity contribution in [2.24, 2.45) is 0 Å². The Morgan fingerprint density at radius 1 is 1.06 bits per heavy atom. The van der Waals surface area contributed by atoms with Crippen LogP contribution in [0.4, 0.5) is 10.1 Å². The fraction of sp³-hybridized carbons (Fsp3) is 0.250. The maximum Gasteiger partial charge on any atom is 0.152 e. The Kier molecular flexibility index (Phi) is 2.78. The Balaban J connectivity index is 2.06. The maximum absolute atomic E-state index is 14.7. The van der Waals surface area contributed by atoms with Crippen molar-refractivity contribution >= 4 is 5.69 Å². The number of rotatable bonds is 2. The van der Waals surface area contributed by atoms with Crippen LogP contribution < -0.4 is 5.32 Å². The van der Waals surface area contributed by atoms with Crippen molar-refractivity contribution in [3.05, 3.63) is 64.7 Å². The Hall–Kier alpha value is -1.83. The van der Waals surface area contributed by atoms with Gasteiger partial charge < -0.3 is 5.32 Å². The summed E-state index contributed by atoms with van der Waals surface area (Å²) in [6.45, 7) is 2.87. The minimum atomic E-state index is -1.05. The topological polar surface area (TPSA) is 12.0 Å². The molecule has 3 rings (SSSR count). The number of aryl methyl sites for hydroxylation is 1. The van der Waals surface area contributed by atoms with Crippen LogP contribution in [0.2, 0.25) is 0 Å². The summed E-state index contributed by atoms with van der Waals surface area (Å²) in [5.41, 5.74) is 4.75. The van der Waals surface area contributed by atoms with E-state index in [9.17, 15) is 4.39 Å². The number of anilines is 1. The summed E-state index contributed by atoms with van der Waals surface area (Å²) in [5.74, 6) is 0. The molecule has 1 unspecified atom stereocenters. The van der Waals surface area contributed by atoms with Gasteiger partial charge in [0, 0.05) is 17.8 Å². The van der Waals surface area contributed by atoms with Gasteiger partial charge in [0.25, 0.3) is 0 Å². The SMILES string of the molecule is Cc1ccccc1C(F)c1cccc2c1NCC2. The molecule has 0 fully saturated rings. The number of benzene rings is 2. The molecule has 0 saturated carbocycles. The van der Waals surface area contributed by atoms with Gasteiger partial charge in [-0.2, -0.15) is 0 Å². The zero-order chi connectivity index (χ0) is 12.5. The highest BCUT2D eigenvalue weighted by atomic mass is 19.1. The molecule has 0 radical (unpaired) electrons. The van der Waals surface area contributed by atoms with Gasteiger partial charge in [0.2, 0.25) is 0 Å². The number of halogens is 1. The highest BCUT2D eigenvalue weighted by Gasteiger charge is 2.22. The van der Waals surface area contributed by atoms with E-state index in [1.807, 2.05) is 43.3 Å². The van der Waals surface area contributed by atoms with E-state index in [1.54, 1.807) is 0 Å². The monoisotopic (exact) mass is 241 g/mol. The number of hydrogen-bond donors (Lipinski definition) is 1. The van der Waals surface area contributed by atoms with Crippen LogP contribution in [-0.4, -0.2) is 6.54 Å². The van der Waals surface area contributed by atoms with E-state index in [-0.39, 0.29) is 0 Å². The van der Waals surface area contributed by atoms with E-state index in [1.165, 1.54) is 5.56 Å². The summed E-state index contributed by atoms with van der Waals surface area (Å²) in [7, 11) is 0. The average Bonchev–Trinajstić information content (AvgIpc) is 2.86. The van der Waals surface area contributed by atoms with E-state index in [4.69, 9.17) is 0 Å². The van der Waals surface area contributed by atoms with Gasteiger partial charge in [-0.05, 0) is 30.0 Å². The molecule has 1 atom stereocenters. The summed E-state index contributed by atoms with van der Waals surface area (Å²) < 4.78 is 14.7. The molecule has 0 spiro atoms. The van der Waals surface area contributed by atoms with Gasteiger partial charge in [-0.3, -0.25) is 0 Å². The zero-order valence-corrected chi connectivity index (χ0v) is 10.4. The third-order valence-corrected chi connectivity index (χ3v) is 3.61. The van der Waals surface area contributed by atoms with Gasteiger partial charge >= 0.3 is 0 Å². The van der Waals surface area contributed by atoms with E-state index in [2.05, 4.69) is 11.4 Å². The van der Waals surface area contributed by atoms with Crippen LogP contribution in [0.1, 0.15) is 28.4 Å². The fourth-order valence-electron chi connectivity index (χ4n) is 2.62. The predicted octanol–water partition coefficient (Wildman–Crippen LogP) is 4.02. The normalized spacial score (nSPS) is 15.0. The molecule has 0 aromatic heterocycles. The second-order valence-electron chi connectivity index (χ2n) is 4.78. The zero-order valence-electron chi connectivity index (χ0n) is 10.4. The van der Waals surface area contributed by atoms with Crippen molar-refractivity contribution < 1.29 is 4.39 Å². The first kappa shape index (κ1) is 11.3. The summed E-state index contributed by atoms with van der Waals surface area (Å²) >= 11 is 0. The van der Waals surface area contributed by atoms with Crippen molar-refractivity contribution in [1.29, 1.82) is 0 Å². The number of para-hydroxylation sites is 1. The van der Waals surface area contributed by atoms with E-state index >= 15 is 0 Å². The standard InChI is InChI=1S/C16H16FN/c1-11-5-2-3-7-13(11)15(17)14-8-4-6-12-9-10-18-16(12)14/h2-8,15,18H,9-10H2,1H3. The lowest BCUT2D eigenvalue weighted by Gasteiger charge is -2.15. The van der Waals surface area contributed by atoms with Crippen LogP contribution in [0.15, 0.2) is 42.5 Å². The maximum atomic E-state index is 14.7. The van der Waals surface area contributed by atoms with Gasteiger partial charge in [-0.15, -0.1) is 0 Å². The van der Waals surface area contributed by atoms with E-state index in [0.717, 1.165) is 35.3 Å². The molecule has 1 N–H and O–H groups in total. The Morgan fingerprint density at radius 3 is 2.67 bits per heavy atom. The van der Waals surface area contributed by atoms with Crippen LogP contribution >= 0.6 is 0 Å². The Labute approximate surface area is 107 Å². The van der Waals surface area contributed by atoms with Gasteiger partial charge in [-0.25, -0.2) is 4.39 Å². The largest absolute Gasteiger partial charge is 0.384 e. The highest BCUT2D eigenvalue weighted by molar-refractivity contribution is 5.63. The Bertz CT molecular complexity index is 577. The molecule has 1 nitrogen and oxygen atoms in total. The van der Waals surface area contributed by atoms with Gasteiger partial charge in [0.15, 0.2) is 6.17 Å². The fourth-order valence-corrected chi connectivity index (χ4v) is 2.62. The third-order valence-electron chi connectivity index (χ3n) is 3.61. The molecule has 18 heavy (non-hydrogen) atoms. The van der Waals surface area contributed by atoms with Crippen molar-refractivity contribution in [3.8, 4) is 0 Å². The van der Waals surface area contributed by atoms with Crippen molar-refractivity contribution in [2.75, 3.05) is 11.9 Å². The molecule has 0 saturated heterocycles. The predicted molar refractivity (Wildman–Crippen MR) is 72.8 cm³/mol. The number of nitrogens with one attached hydrogen (secondary N) is 1. The van der Waals surface area contributed by atoms with Crippen LogP contribution in [0.5, 0.6) is 0 Å². The summed E-state index contributed by atoms with van der Waals surface area (Å²) in [6.07, 6.45) is -0.0596. The number of fused-ring (bicyclic) bond motifs is 1. The lowest BCUT2D eigenvalue weighted by Crippen LogP contribution is -2.01. The minimum absolute atomic E-state index is 0.763. The molecule has 2 aromatic rings. The second kappa shape index (κ2) is 4.45. The van der Waals surface area contributed by atoms with Crippen LogP contribution in [0, 0.1) is 6.92 Å². The van der Waals surface area contributed by atoms with E-state index in [0.29, 0.717) is 0 Å². The average molecular weight is 241 g/mol. The number of hydrogen-bond acceptors (Lipinski definition) is 1. The van der Waals surface area contributed by atoms with Gasteiger partial charge in [-0.1, -0.05) is 42.5 Å². The summed E-state index contributed by atoms with van der Waals surface area (Å²) in [6, 6.07) is 13.6. The van der Waals surface area contributed by atoms with Crippen molar-refractivity contribution in [2.45, 2.75) is 19.5 Å². The molecule has 92 valence electrons. The molecule has 0 amide bonds. The van der Waals surface area contributed by atoms with Crippen molar-refractivity contribution in [3.63, 3.8) is 0 Å². The van der Waals surface area contributed by atoms with Crippen LogP contribution in [0.3, 0.4) is 0 Å². The van der Waals surface area contributed by atoms with Crippen molar-refractivity contribution in [1.82, 2.24) is 0 Å². The Morgan fingerprint density at radius 2 is 1.83 bits per heavy atom. The highest BCUT2D eigenvalue weighted by Crippen LogP contribution is 2.36. The molecule has 1 heterocycles. The molecule has 1 aliphatic rings. The number of alkyl halides is 1. The summed E-state index contributed by atoms with van der Waals surface area (Å²) in [4.78, 5) is 0. The molecule has 0 bridgehead atoms. The molecular weight excluding hydrogens is 225 g/mol. The molecule has 2 aromatic carbocycles. The molecular formula is C16H16FN. The lowest BCUT2D eigenvalue weighted by atomic mass is 9.96. The lowest BCUT2D eigenvalue weighted by molar-refractivity contribution is 0.401. The second-order valence-corrected chi connectivity index (χ2v) is 4.78. The first-order valence-corrected chi connectivity index (χ1v) is 6.32. The van der Waals surface area contributed by atoms with E-state index < -0.39 is 6.17 Å². The van der Waals surface area contributed by atoms with Gasteiger partial charge in [0.1, 0.15) is 0 Å². The third kappa shape index (κ3) is 1.78. The first-order chi connectivity index (χ1) is 8.77. The van der Waals surface area contributed by atoms with Crippen LogP contribution in [-0.2, 0) is 6.42 Å². The smallest absolute Gasteiger partial charge is 0.152 e. The quantitative estimate of drug-likeness (QED) is 0.837. The molecule has 2 heteroatoms. The minimum Gasteiger partial charge on any atom is -0.384 e.